The molecule has 6 heteroatoms. The van der Waals surface area contributed by atoms with Gasteiger partial charge >= 0.3 is 0 Å². The predicted octanol–water partition coefficient (Wildman–Crippen LogP) is -0.579. The average molecular weight is 245 g/mol. The van der Waals surface area contributed by atoms with Crippen molar-refractivity contribution in [2.45, 2.75) is 24.1 Å². The van der Waals surface area contributed by atoms with Gasteiger partial charge in [-0.15, -0.1) is 0 Å². The number of sulfone groups is 1. The normalized spacial score (nSPS) is 40.5. The van der Waals surface area contributed by atoms with E-state index in [1.807, 2.05) is 0 Å². The number of carbonyl (C=O) groups is 1. The van der Waals surface area contributed by atoms with Gasteiger partial charge in [-0.3, -0.25) is 4.79 Å². The summed E-state index contributed by atoms with van der Waals surface area (Å²) in [7, 11) is -2.90. The molecule has 0 N–H and O–H groups in total. The molecule has 3 aliphatic rings. The number of hydrogen-bond donors (Lipinski definition) is 0. The summed E-state index contributed by atoms with van der Waals surface area (Å²) in [6.07, 6.45) is 1.42. The summed E-state index contributed by atoms with van der Waals surface area (Å²) in [5.74, 6) is 0.221. The maximum atomic E-state index is 12.1. The van der Waals surface area contributed by atoms with Gasteiger partial charge in [-0.05, 0) is 12.8 Å². The maximum Gasteiger partial charge on any atom is 0.228 e. The number of rotatable bonds is 1. The van der Waals surface area contributed by atoms with Crippen molar-refractivity contribution >= 4 is 15.7 Å². The van der Waals surface area contributed by atoms with Gasteiger partial charge in [0.1, 0.15) is 0 Å². The van der Waals surface area contributed by atoms with E-state index in [-0.39, 0.29) is 28.9 Å². The molecule has 16 heavy (non-hydrogen) atoms. The van der Waals surface area contributed by atoms with E-state index < -0.39 is 9.84 Å². The molecule has 90 valence electrons. The highest BCUT2D eigenvalue weighted by atomic mass is 32.2. The number of hydrogen-bond acceptors (Lipinski definition) is 4. The molecular weight excluding hydrogens is 230 g/mol. The third-order valence-electron chi connectivity index (χ3n) is 3.87. The highest BCUT2D eigenvalue weighted by Gasteiger charge is 2.50. The van der Waals surface area contributed by atoms with Gasteiger partial charge in [-0.2, -0.15) is 0 Å². The monoisotopic (exact) mass is 245 g/mol. The summed E-state index contributed by atoms with van der Waals surface area (Å²) < 4.78 is 28.3. The van der Waals surface area contributed by atoms with E-state index in [1.54, 1.807) is 4.90 Å². The third-order valence-corrected chi connectivity index (χ3v) is 6.08. The summed E-state index contributed by atoms with van der Waals surface area (Å²) in [6, 6.07) is -0.0666. The van der Waals surface area contributed by atoms with Gasteiger partial charge < -0.3 is 9.64 Å². The molecule has 0 unspecified atom stereocenters. The average Bonchev–Trinajstić information content (AvgIpc) is 2.88. The van der Waals surface area contributed by atoms with Crippen LogP contribution in [0, 0.1) is 5.92 Å². The Morgan fingerprint density at radius 2 is 2.19 bits per heavy atom. The van der Waals surface area contributed by atoms with Crippen LogP contribution in [-0.2, 0) is 19.4 Å². The minimum Gasteiger partial charge on any atom is -0.381 e. The number of nitrogens with zero attached hydrogens (tertiary/aromatic N) is 1. The molecule has 0 radical (unpaired) electrons. The fourth-order valence-electron chi connectivity index (χ4n) is 2.93. The van der Waals surface area contributed by atoms with Crippen LogP contribution in [0.1, 0.15) is 12.8 Å². The van der Waals surface area contributed by atoms with Crippen molar-refractivity contribution in [2.24, 2.45) is 5.92 Å². The number of carbonyl (C=O) groups excluding carboxylic acids is 1. The van der Waals surface area contributed by atoms with Crippen LogP contribution in [0.25, 0.3) is 0 Å². The lowest BCUT2D eigenvalue weighted by Gasteiger charge is -2.28. The lowest BCUT2D eigenvalue weighted by molar-refractivity contribution is -0.136. The smallest absolute Gasteiger partial charge is 0.228 e. The highest BCUT2D eigenvalue weighted by molar-refractivity contribution is 7.92. The topological polar surface area (TPSA) is 63.7 Å². The zero-order chi connectivity index (χ0) is 11.3. The van der Waals surface area contributed by atoms with Crippen LogP contribution in [-0.4, -0.2) is 56.0 Å². The second kappa shape index (κ2) is 3.43. The van der Waals surface area contributed by atoms with Crippen LogP contribution < -0.4 is 0 Å². The summed E-state index contributed by atoms with van der Waals surface area (Å²) in [5.41, 5.74) is 0. The van der Waals surface area contributed by atoms with Gasteiger partial charge in [0.05, 0.1) is 23.5 Å². The van der Waals surface area contributed by atoms with Crippen LogP contribution in [0.15, 0.2) is 0 Å². The second-order valence-electron chi connectivity index (χ2n) is 4.89. The van der Waals surface area contributed by atoms with Crippen LogP contribution >= 0.6 is 0 Å². The molecule has 0 spiro atoms. The van der Waals surface area contributed by atoms with Crippen molar-refractivity contribution in [3.8, 4) is 0 Å². The van der Waals surface area contributed by atoms with E-state index in [4.69, 9.17) is 4.74 Å². The van der Waals surface area contributed by atoms with Gasteiger partial charge in [0.25, 0.3) is 0 Å². The molecule has 3 aliphatic heterocycles. The van der Waals surface area contributed by atoms with Gasteiger partial charge in [-0.1, -0.05) is 0 Å². The van der Waals surface area contributed by atoms with Crippen molar-refractivity contribution in [1.29, 1.82) is 0 Å². The minimum atomic E-state index is -2.90. The van der Waals surface area contributed by atoms with E-state index in [0.29, 0.717) is 26.2 Å². The van der Waals surface area contributed by atoms with Crippen molar-refractivity contribution in [1.82, 2.24) is 4.90 Å². The predicted molar refractivity (Wildman–Crippen MR) is 56.6 cm³/mol. The number of amides is 1. The molecule has 0 aliphatic carbocycles. The van der Waals surface area contributed by atoms with Crippen molar-refractivity contribution in [3.05, 3.63) is 0 Å². The molecule has 3 fully saturated rings. The standard InChI is InChI=1S/C10H15NO4S/c12-10(7-1-2-15-5-7)11-4-9-3-8(11)6-16(9,13)14/h7-9H,1-6H2/t7-,8+,9-/m1/s1. The quantitative estimate of drug-likeness (QED) is 0.620. The summed E-state index contributed by atoms with van der Waals surface area (Å²) in [6.45, 7) is 1.55. The Bertz CT molecular complexity index is 413. The fraction of sp³-hybridized carbons (Fsp3) is 0.900. The summed E-state index contributed by atoms with van der Waals surface area (Å²) >= 11 is 0. The minimum absolute atomic E-state index is 0.0398. The van der Waals surface area contributed by atoms with Crippen molar-refractivity contribution in [2.75, 3.05) is 25.5 Å². The van der Waals surface area contributed by atoms with E-state index in [2.05, 4.69) is 0 Å². The Kier molecular flexibility index (Phi) is 2.26. The Morgan fingerprint density at radius 3 is 2.69 bits per heavy atom. The second-order valence-corrected chi connectivity index (χ2v) is 7.22. The molecule has 3 rings (SSSR count). The Hall–Kier alpha value is -0.620. The van der Waals surface area contributed by atoms with Crippen molar-refractivity contribution in [3.63, 3.8) is 0 Å². The SMILES string of the molecule is O=C([C@@H]1CCOC1)N1C[C@H]2C[C@H]1CS2(=O)=O. The first kappa shape index (κ1) is 10.5. The van der Waals surface area contributed by atoms with Gasteiger partial charge in [0.2, 0.25) is 5.91 Å². The highest BCUT2D eigenvalue weighted by Crippen LogP contribution is 2.34. The van der Waals surface area contributed by atoms with E-state index in [1.165, 1.54) is 0 Å². The summed E-state index contributed by atoms with van der Waals surface area (Å²) in [4.78, 5) is 13.9. The van der Waals surface area contributed by atoms with E-state index >= 15 is 0 Å². The fourth-order valence-corrected chi connectivity index (χ4v) is 4.96. The largest absolute Gasteiger partial charge is 0.381 e. The van der Waals surface area contributed by atoms with Crippen molar-refractivity contribution < 1.29 is 17.9 Å². The Balaban J connectivity index is 1.73. The molecule has 0 aromatic carbocycles. The van der Waals surface area contributed by atoms with Crippen LogP contribution in [0.5, 0.6) is 0 Å². The first-order chi connectivity index (χ1) is 7.58. The molecule has 3 heterocycles. The molecular formula is C10H15NO4S. The van der Waals surface area contributed by atoms with E-state index in [0.717, 1.165) is 6.42 Å². The molecule has 3 saturated heterocycles. The number of ether oxygens (including phenoxy) is 1. The van der Waals surface area contributed by atoms with E-state index in [9.17, 15) is 13.2 Å². The molecule has 2 bridgehead atoms. The van der Waals surface area contributed by atoms with Crippen LogP contribution in [0.2, 0.25) is 0 Å². The first-order valence-electron chi connectivity index (χ1n) is 5.68. The lowest BCUT2D eigenvalue weighted by atomic mass is 10.1. The molecule has 1 amide bonds. The van der Waals surface area contributed by atoms with Gasteiger partial charge in [0.15, 0.2) is 9.84 Å². The van der Waals surface area contributed by atoms with Crippen LogP contribution in [0.4, 0.5) is 0 Å². The zero-order valence-corrected chi connectivity index (χ0v) is 9.78. The molecule has 0 saturated carbocycles. The third kappa shape index (κ3) is 1.47. The number of fused-ring (bicyclic) bond motifs is 2. The van der Waals surface area contributed by atoms with Gasteiger partial charge in [0, 0.05) is 19.2 Å². The first-order valence-corrected chi connectivity index (χ1v) is 7.39. The summed E-state index contributed by atoms with van der Waals surface area (Å²) in [5, 5.41) is -0.302. The molecule has 0 aromatic rings. The lowest BCUT2D eigenvalue weighted by Crippen LogP contribution is -2.46. The maximum absolute atomic E-state index is 12.1. The number of likely N-dealkylation sites (tertiary alicyclic amines) is 1. The van der Waals surface area contributed by atoms with Crippen LogP contribution in [0.3, 0.4) is 0 Å². The molecule has 0 aromatic heterocycles. The molecule has 5 nitrogen and oxygen atoms in total. The Labute approximate surface area is 94.7 Å². The van der Waals surface area contributed by atoms with Gasteiger partial charge in [-0.25, -0.2) is 8.42 Å². The Morgan fingerprint density at radius 1 is 1.38 bits per heavy atom. The molecule has 3 atom stereocenters. The zero-order valence-electron chi connectivity index (χ0n) is 8.96.